The number of amides is 1. The van der Waals surface area contributed by atoms with Gasteiger partial charge >= 0.3 is 0 Å². The van der Waals surface area contributed by atoms with Gasteiger partial charge in [-0.2, -0.15) is 0 Å². The summed E-state index contributed by atoms with van der Waals surface area (Å²) in [5.41, 5.74) is 0. The minimum Gasteiger partial charge on any atom is -0.340 e. The van der Waals surface area contributed by atoms with Crippen molar-refractivity contribution < 1.29 is 4.79 Å². The molecule has 2 rings (SSSR count). The van der Waals surface area contributed by atoms with E-state index >= 15 is 0 Å². The Balaban J connectivity index is 1.74. The van der Waals surface area contributed by atoms with Crippen LogP contribution < -0.4 is 0 Å². The second kappa shape index (κ2) is 7.16. The summed E-state index contributed by atoms with van der Waals surface area (Å²) in [5, 5.41) is 0. The molecule has 2 heteroatoms. The van der Waals surface area contributed by atoms with E-state index in [0.717, 1.165) is 25.3 Å². The Morgan fingerprint density at radius 1 is 1.00 bits per heavy atom. The third-order valence-corrected chi connectivity index (χ3v) is 4.92. The molecule has 0 N–H and O–H groups in total. The molecule has 2 aliphatic carbocycles. The molecule has 0 aliphatic heterocycles. The summed E-state index contributed by atoms with van der Waals surface area (Å²) in [6.07, 6.45) is 14.0. The van der Waals surface area contributed by atoms with Crippen LogP contribution in [0.15, 0.2) is 0 Å². The van der Waals surface area contributed by atoms with Gasteiger partial charge in [0, 0.05) is 19.0 Å². The van der Waals surface area contributed by atoms with Gasteiger partial charge in [0.15, 0.2) is 0 Å². The van der Waals surface area contributed by atoms with E-state index in [4.69, 9.17) is 0 Å². The standard InChI is InChI=1S/C16H29NO/c1-2-17(15-10-6-7-11-15)16(18)13-12-14-8-4-3-5-9-14/h14-15H,2-13H2,1H3. The average molecular weight is 251 g/mol. The van der Waals surface area contributed by atoms with Gasteiger partial charge in [-0.1, -0.05) is 44.9 Å². The number of carbonyl (C=O) groups is 1. The molecule has 2 nitrogen and oxygen atoms in total. The molecule has 0 atom stereocenters. The van der Waals surface area contributed by atoms with Crippen molar-refractivity contribution >= 4 is 5.91 Å². The Morgan fingerprint density at radius 2 is 1.61 bits per heavy atom. The third kappa shape index (κ3) is 3.73. The quantitative estimate of drug-likeness (QED) is 0.719. The van der Waals surface area contributed by atoms with E-state index in [0.29, 0.717) is 11.9 Å². The van der Waals surface area contributed by atoms with Gasteiger partial charge in [-0.25, -0.2) is 0 Å². The Hall–Kier alpha value is -0.530. The third-order valence-electron chi connectivity index (χ3n) is 4.92. The van der Waals surface area contributed by atoms with Crippen LogP contribution >= 0.6 is 0 Å². The fourth-order valence-electron chi connectivity index (χ4n) is 3.80. The van der Waals surface area contributed by atoms with Crippen LogP contribution in [0.5, 0.6) is 0 Å². The lowest BCUT2D eigenvalue weighted by Crippen LogP contribution is -2.38. The van der Waals surface area contributed by atoms with Crippen molar-refractivity contribution in [1.82, 2.24) is 4.90 Å². The molecule has 0 unspecified atom stereocenters. The van der Waals surface area contributed by atoms with Gasteiger partial charge in [0.25, 0.3) is 0 Å². The maximum absolute atomic E-state index is 12.3. The zero-order chi connectivity index (χ0) is 12.8. The lowest BCUT2D eigenvalue weighted by Gasteiger charge is -2.29. The normalized spacial score (nSPS) is 22.3. The molecule has 0 aromatic rings. The van der Waals surface area contributed by atoms with E-state index in [1.807, 2.05) is 0 Å². The number of hydrogen-bond donors (Lipinski definition) is 0. The van der Waals surface area contributed by atoms with Gasteiger partial charge in [0.1, 0.15) is 0 Å². The smallest absolute Gasteiger partial charge is 0.222 e. The zero-order valence-electron chi connectivity index (χ0n) is 12.0. The molecule has 0 heterocycles. The molecular weight excluding hydrogens is 222 g/mol. The number of nitrogens with zero attached hydrogens (tertiary/aromatic N) is 1. The van der Waals surface area contributed by atoms with Crippen molar-refractivity contribution in [3.05, 3.63) is 0 Å². The van der Waals surface area contributed by atoms with E-state index < -0.39 is 0 Å². The van der Waals surface area contributed by atoms with E-state index in [1.54, 1.807) is 0 Å². The maximum atomic E-state index is 12.3. The minimum atomic E-state index is 0.426. The summed E-state index contributed by atoms with van der Waals surface area (Å²) in [6, 6.07) is 0.564. The van der Waals surface area contributed by atoms with Gasteiger partial charge in [-0.15, -0.1) is 0 Å². The predicted octanol–water partition coefficient (Wildman–Crippen LogP) is 4.14. The molecular formula is C16H29NO. The maximum Gasteiger partial charge on any atom is 0.222 e. The Bertz CT molecular complexity index is 252. The van der Waals surface area contributed by atoms with Gasteiger partial charge in [-0.05, 0) is 32.1 Å². The second-order valence-corrected chi connectivity index (χ2v) is 6.16. The topological polar surface area (TPSA) is 20.3 Å². The van der Waals surface area contributed by atoms with Crippen molar-refractivity contribution in [1.29, 1.82) is 0 Å². The van der Waals surface area contributed by atoms with Crippen LogP contribution in [0.1, 0.15) is 77.6 Å². The first kappa shape index (κ1) is 13.9. The van der Waals surface area contributed by atoms with Crippen LogP contribution in [0.25, 0.3) is 0 Å². The van der Waals surface area contributed by atoms with Crippen LogP contribution in [-0.4, -0.2) is 23.4 Å². The first-order chi connectivity index (χ1) is 8.81. The molecule has 0 radical (unpaired) electrons. The molecule has 0 spiro atoms. The van der Waals surface area contributed by atoms with E-state index in [-0.39, 0.29) is 0 Å². The van der Waals surface area contributed by atoms with Crippen molar-refractivity contribution in [2.75, 3.05) is 6.54 Å². The summed E-state index contributed by atoms with van der Waals surface area (Å²) in [6.45, 7) is 3.05. The van der Waals surface area contributed by atoms with Crippen LogP contribution in [0.3, 0.4) is 0 Å². The molecule has 0 aromatic heterocycles. The van der Waals surface area contributed by atoms with Gasteiger partial charge in [0.2, 0.25) is 5.91 Å². The minimum absolute atomic E-state index is 0.426. The lowest BCUT2D eigenvalue weighted by molar-refractivity contribution is -0.133. The average Bonchev–Trinajstić information content (AvgIpc) is 2.92. The predicted molar refractivity (Wildman–Crippen MR) is 75.5 cm³/mol. The monoisotopic (exact) mass is 251 g/mol. The second-order valence-electron chi connectivity index (χ2n) is 6.16. The van der Waals surface area contributed by atoms with Crippen molar-refractivity contribution in [2.45, 2.75) is 83.6 Å². The highest BCUT2D eigenvalue weighted by molar-refractivity contribution is 5.76. The molecule has 2 fully saturated rings. The molecule has 0 saturated heterocycles. The number of hydrogen-bond acceptors (Lipinski definition) is 1. The van der Waals surface area contributed by atoms with Gasteiger partial charge < -0.3 is 4.90 Å². The van der Waals surface area contributed by atoms with Crippen molar-refractivity contribution in [2.24, 2.45) is 5.92 Å². The van der Waals surface area contributed by atoms with Gasteiger partial charge in [0.05, 0.1) is 0 Å². The Morgan fingerprint density at radius 3 is 2.22 bits per heavy atom. The molecule has 2 aliphatic rings. The van der Waals surface area contributed by atoms with Crippen molar-refractivity contribution in [3.63, 3.8) is 0 Å². The molecule has 18 heavy (non-hydrogen) atoms. The summed E-state index contributed by atoms with van der Waals surface area (Å²) in [7, 11) is 0. The number of carbonyl (C=O) groups excluding carboxylic acids is 1. The summed E-state index contributed by atoms with van der Waals surface area (Å²) < 4.78 is 0. The van der Waals surface area contributed by atoms with E-state index in [1.165, 1.54) is 57.8 Å². The first-order valence-corrected chi connectivity index (χ1v) is 8.10. The number of rotatable bonds is 5. The summed E-state index contributed by atoms with van der Waals surface area (Å²) in [5.74, 6) is 1.26. The summed E-state index contributed by atoms with van der Waals surface area (Å²) in [4.78, 5) is 14.5. The molecule has 104 valence electrons. The van der Waals surface area contributed by atoms with Crippen LogP contribution in [0.4, 0.5) is 0 Å². The Labute approximate surface area is 112 Å². The fourth-order valence-corrected chi connectivity index (χ4v) is 3.80. The fraction of sp³-hybridized carbons (Fsp3) is 0.938. The lowest BCUT2D eigenvalue weighted by atomic mass is 9.86. The van der Waals surface area contributed by atoms with Crippen molar-refractivity contribution in [3.8, 4) is 0 Å². The summed E-state index contributed by atoms with van der Waals surface area (Å²) >= 11 is 0. The highest BCUT2D eigenvalue weighted by atomic mass is 16.2. The highest BCUT2D eigenvalue weighted by Crippen LogP contribution is 2.28. The van der Waals surface area contributed by atoms with Crippen LogP contribution in [-0.2, 0) is 4.79 Å². The van der Waals surface area contributed by atoms with E-state index in [2.05, 4.69) is 11.8 Å². The molecule has 0 aromatic carbocycles. The molecule has 0 bridgehead atoms. The zero-order valence-corrected chi connectivity index (χ0v) is 12.0. The Kier molecular flexibility index (Phi) is 5.52. The molecule has 1 amide bonds. The van der Waals surface area contributed by atoms with Crippen LogP contribution in [0, 0.1) is 5.92 Å². The molecule has 2 saturated carbocycles. The highest BCUT2D eigenvalue weighted by Gasteiger charge is 2.25. The van der Waals surface area contributed by atoms with Gasteiger partial charge in [-0.3, -0.25) is 4.79 Å². The first-order valence-electron chi connectivity index (χ1n) is 8.10. The van der Waals surface area contributed by atoms with E-state index in [9.17, 15) is 4.79 Å². The SMILES string of the molecule is CCN(C(=O)CCC1CCCCC1)C1CCCC1. The largest absolute Gasteiger partial charge is 0.340 e. The van der Waals surface area contributed by atoms with Crippen LogP contribution in [0.2, 0.25) is 0 Å².